The van der Waals surface area contributed by atoms with E-state index in [0.717, 1.165) is 16.5 Å². The summed E-state index contributed by atoms with van der Waals surface area (Å²) in [5.74, 6) is 0.172. The molecule has 0 atom stereocenters. The number of hydrogen-bond acceptors (Lipinski definition) is 3. The Hall–Kier alpha value is -2.68. The van der Waals surface area contributed by atoms with Crippen molar-refractivity contribution in [3.8, 4) is 5.75 Å². The fourth-order valence-electron chi connectivity index (χ4n) is 1.96. The van der Waals surface area contributed by atoms with Crippen LogP contribution in [0.25, 0.3) is 10.8 Å². The molecule has 1 heterocycles. The first-order valence-electron chi connectivity index (χ1n) is 6.00. The zero-order valence-electron chi connectivity index (χ0n) is 10.2. The Morgan fingerprint density at radius 2 is 1.79 bits per heavy atom. The molecule has 0 aliphatic carbocycles. The van der Waals surface area contributed by atoms with Crippen LogP contribution in [0.3, 0.4) is 0 Å². The quantitative estimate of drug-likeness (QED) is 0.703. The maximum Gasteiger partial charge on any atom is 0.141 e. The first-order valence-corrected chi connectivity index (χ1v) is 6.00. The molecule has 0 radical (unpaired) electrons. The first kappa shape index (κ1) is 11.4. The molecule has 0 bridgehead atoms. The van der Waals surface area contributed by atoms with Crippen molar-refractivity contribution in [2.24, 2.45) is 4.99 Å². The molecule has 92 valence electrons. The second-order valence-electron chi connectivity index (χ2n) is 4.17. The van der Waals surface area contributed by atoms with Crippen LogP contribution < -0.4 is 0 Å². The van der Waals surface area contributed by atoms with Gasteiger partial charge in [0, 0.05) is 11.6 Å². The number of aromatic hydroxyl groups is 1. The number of aromatic nitrogens is 1. The third kappa shape index (κ3) is 2.31. The molecule has 0 fully saturated rings. The molecule has 0 aliphatic heterocycles. The minimum Gasteiger partial charge on any atom is -0.506 e. The zero-order chi connectivity index (χ0) is 13.1. The summed E-state index contributed by atoms with van der Waals surface area (Å²) in [6.07, 6.45) is 3.37. The van der Waals surface area contributed by atoms with Crippen LogP contribution in [-0.4, -0.2) is 16.3 Å². The van der Waals surface area contributed by atoms with Crippen molar-refractivity contribution >= 4 is 22.7 Å². The van der Waals surface area contributed by atoms with E-state index in [1.165, 1.54) is 0 Å². The average molecular weight is 248 g/mol. The molecule has 19 heavy (non-hydrogen) atoms. The Labute approximate surface area is 110 Å². The van der Waals surface area contributed by atoms with E-state index < -0.39 is 0 Å². The largest absolute Gasteiger partial charge is 0.506 e. The van der Waals surface area contributed by atoms with Gasteiger partial charge in [-0.15, -0.1) is 0 Å². The summed E-state index contributed by atoms with van der Waals surface area (Å²) in [6.45, 7) is 0. The van der Waals surface area contributed by atoms with Crippen molar-refractivity contribution in [1.82, 2.24) is 4.98 Å². The first-order chi connectivity index (χ1) is 9.34. The van der Waals surface area contributed by atoms with E-state index in [0.29, 0.717) is 5.69 Å². The number of aliphatic imine (C=N–C) groups is 1. The van der Waals surface area contributed by atoms with Gasteiger partial charge in [-0.1, -0.05) is 36.4 Å². The number of fused-ring (bicyclic) bond motifs is 1. The third-order valence-electron chi connectivity index (χ3n) is 2.89. The van der Waals surface area contributed by atoms with Crippen LogP contribution in [0.2, 0.25) is 0 Å². The molecule has 3 rings (SSSR count). The number of phenolic OH excluding ortho intramolecular Hbond substituents is 1. The van der Waals surface area contributed by atoms with Gasteiger partial charge < -0.3 is 5.11 Å². The zero-order valence-corrected chi connectivity index (χ0v) is 10.2. The normalized spacial score (nSPS) is 11.2. The Balaban J connectivity index is 2.10. The van der Waals surface area contributed by atoms with Crippen molar-refractivity contribution in [2.45, 2.75) is 0 Å². The second kappa shape index (κ2) is 4.90. The van der Waals surface area contributed by atoms with Gasteiger partial charge in [0.15, 0.2) is 0 Å². The molecule has 0 unspecified atom stereocenters. The molecule has 1 N–H and O–H groups in total. The Morgan fingerprint density at radius 1 is 0.947 bits per heavy atom. The maximum atomic E-state index is 9.95. The summed E-state index contributed by atoms with van der Waals surface area (Å²) in [5, 5.41) is 11.9. The predicted octanol–water partition coefficient (Wildman–Crippen LogP) is 3.69. The van der Waals surface area contributed by atoms with E-state index in [9.17, 15) is 5.11 Å². The number of rotatable bonds is 2. The Kier molecular flexibility index (Phi) is 2.94. The van der Waals surface area contributed by atoms with Crippen LogP contribution in [0.1, 0.15) is 5.69 Å². The second-order valence-corrected chi connectivity index (χ2v) is 4.17. The van der Waals surface area contributed by atoms with Crippen LogP contribution >= 0.6 is 0 Å². The molecular formula is C16H12N2O. The summed E-state index contributed by atoms with van der Waals surface area (Å²) >= 11 is 0. The molecule has 0 amide bonds. The van der Waals surface area contributed by atoms with Gasteiger partial charge in [0.2, 0.25) is 0 Å². The summed E-state index contributed by atoms with van der Waals surface area (Å²) < 4.78 is 0. The molecule has 3 aromatic rings. The molecule has 1 aromatic heterocycles. The van der Waals surface area contributed by atoms with E-state index in [1.54, 1.807) is 18.5 Å². The van der Waals surface area contributed by atoms with Crippen molar-refractivity contribution in [3.05, 3.63) is 66.5 Å². The van der Waals surface area contributed by atoms with E-state index in [4.69, 9.17) is 0 Å². The number of nitrogens with zero attached hydrogens (tertiary/aromatic N) is 2. The molecule has 0 saturated carbocycles. The van der Waals surface area contributed by atoms with Gasteiger partial charge in [-0.25, -0.2) is 0 Å². The van der Waals surface area contributed by atoms with Crippen molar-refractivity contribution < 1.29 is 5.11 Å². The van der Waals surface area contributed by atoms with E-state index in [2.05, 4.69) is 9.98 Å². The molecular weight excluding hydrogens is 236 g/mol. The number of phenols is 1. The number of pyridine rings is 1. The highest BCUT2D eigenvalue weighted by molar-refractivity contribution is 5.97. The molecule has 0 saturated heterocycles. The Bertz CT molecular complexity index is 736. The summed E-state index contributed by atoms with van der Waals surface area (Å²) in [6, 6.07) is 17.0. The van der Waals surface area contributed by atoms with Gasteiger partial charge in [0.1, 0.15) is 11.4 Å². The fourth-order valence-corrected chi connectivity index (χ4v) is 1.96. The van der Waals surface area contributed by atoms with E-state index >= 15 is 0 Å². The minimum absolute atomic E-state index is 0.172. The van der Waals surface area contributed by atoms with Gasteiger partial charge in [0.05, 0.1) is 11.9 Å². The standard InChI is InChI=1S/C16H12N2O/c19-15-9-8-12-5-1-2-7-14(12)16(15)18-11-13-6-3-4-10-17-13/h1-11,19H. The molecule has 2 aromatic carbocycles. The van der Waals surface area contributed by atoms with Crippen molar-refractivity contribution in [3.63, 3.8) is 0 Å². The smallest absolute Gasteiger partial charge is 0.141 e. The van der Waals surface area contributed by atoms with Gasteiger partial charge in [0.25, 0.3) is 0 Å². The lowest BCUT2D eigenvalue weighted by molar-refractivity contribution is 0.477. The summed E-state index contributed by atoms with van der Waals surface area (Å²) in [7, 11) is 0. The number of hydrogen-bond donors (Lipinski definition) is 1. The lowest BCUT2D eigenvalue weighted by Gasteiger charge is -2.04. The van der Waals surface area contributed by atoms with Crippen LogP contribution in [-0.2, 0) is 0 Å². The van der Waals surface area contributed by atoms with Crippen LogP contribution in [0.15, 0.2) is 65.8 Å². The van der Waals surface area contributed by atoms with Gasteiger partial charge in [-0.3, -0.25) is 9.98 Å². The monoisotopic (exact) mass is 248 g/mol. The lowest BCUT2D eigenvalue weighted by Crippen LogP contribution is -1.84. The van der Waals surface area contributed by atoms with Crippen LogP contribution in [0.5, 0.6) is 5.75 Å². The third-order valence-corrected chi connectivity index (χ3v) is 2.89. The molecule has 0 aliphatic rings. The predicted molar refractivity (Wildman–Crippen MR) is 77.1 cm³/mol. The molecule has 3 heteroatoms. The van der Waals surface area contributed by atoms with Crippen molar-refractivity contribution in [1.29, 1.82) is 0 Å². The highest BCUT2D eigenvalue weighted by atomic mass is 16.3. The van der Waals surface area contributed by atoms with Crippen LogP contribution in [0.4, 0.5) is 5.69 Å². The maximum absolute atomic E-state index is 9.95. The van der Waals surface area contributed by atoms with Gasteiger partial charge in [-0.2, -0.15) is 0 Å². The van der Waals surface area contributed by atoms with Gasteiger partial charge in [-0.05, 0) is 23.6 Å². The topological polar surface area (TPSA) is 45.5 Å². The molecule has 3 nitrogen and oxygen atoms in total. The minimum atomic E-state index is 0.172. The highest BCUT2D eigenvalue weighted by Gasteiger charge is 2.04. The fraction of sp³-hybridized carbons (Fsp3) is 0. The van der Waals surface area contributed by atoms with E-state index in [-0.39, 0.29) is 5.75 Å². The lowest BCUT2D eigenvalue weighted by atomic mass is 10.1. The van der Waals surface area contributed by atoms with Crippen LogP contribution in [0, 0.1) is 0 Å². The number of benzene rings is 2. The van der Waals surface area contributed by atoms with Crippen molar-refractivity contribution in [2.75, 3.05) is 0 Å². The summed E-state index contributed by atoms with van der Waals surface area (Å²) in [5.41, 5.74) is 1.33. The molecule has 0 spiro atoms. The van der Waals surface area contributed by atoms with E-state index in [1.807, 2.05) is 48.5 Å². The SMILES string of the molecule is Oc1ccc2ccccc2c1N=Cc1ccccn1. The highest BCUT2D eigenvalue weighted by Crippen LogP contribution is 2.34. The summed E-state index contributed by atoms with van der Waals surface area (Å²) in [4.78, 5) is 8.54. The average Bonchev–Trinajstić information content (AvgIpc) is 2.47. The Morgan fingerprint density at radius 3 is 2.63 bits per heavy atom. The van der Waals surface area contributed by atoms with Gasteiger partial charge >= 0.3 is 0 Å².